The number of amides is 1. The molecule has 0 radical (unpaired) electrons. The molecule has 0 bridgehead atoms. The zero-order valence-electron chi connectivity index (χ0n) is 15.8. The lowest BCUT2D eigenvalue weighted by Crippen LogP contribution is -2.28. The predicted octanol–water partition coefficient (Wildman–Crippen LogP) is 3.76. The van der Waals surface area contributed by atoms with Crippen molar-refractivity contribution in [2.24, 2.45) is 0 Å². The van der Waals surface area contributed by atoms with Crippen molar-refractivity contribution < 1.29 is 18.7 Å². The summed E-state index contributed by atoms with van der Waals surface area (Å²) in [7, 11) is 0. The molecular weight excluding hydrogens is 421 g/mol. The van der Waals surface area contributed by atoms with Gasteiger partial charge in [-0.2, -0.15) is 0 Å². The number of aromatic nitrogens is 2. The maximum atomic E-state index is 13.2. The van der Waals surface area contributed by atoms with E-state index in [0.717, 1.165) is 22.0 Å². The highest BCUT2D eigenvalue weighted by molar-refractivity contribution is 7.20. The van der Waals surface area contributed by atoms with E-state index < -0.39 is 23.3 Å². The number of anilines is 1. The Morgan fingerprint density at radius 2 is 2.10 bits per heavy atom. The summed E-state index contributed by atoms with van der Waals surface area (Å²) in [4.78, 5) is 42.2. The molecule has 0 aliphatic rings. The van der Waals surface area contributed by atoms with Gasteiger partial charge >= 0.3 is 5.97 Å². The van der Waals surface area contributed by atoms with Gasteiger partial charge in [-0.05, 0) is 44.5 Å². The molecule has 29 heavy (non-hydrogen) atoms. The Balaban J connectivity index is 1.86. The van der Waals surface area contributed by atoms with Gasteiger partial charge in [0.2, 0.25) is 5.91 Å². The number of carbonyl (C=O) groups is 2. The monoisotopic (exact) mass is 437 g/mol. The molecule has 7 nitrogen and oxygen atoms in total. The highest BCUT2D eigenvalue weighted by Gasteiger charge is 2.21. The van der Waals surface area contributed by atoms with Crippen molar-refractivity contribution in [2.45, 2.75) is 33.4 Å². The van der Waals surface area contributed by atoms with Gasteiger partial charge in [-0.25, -0.2) is 14.2 Å². The lowest BCUT2D eigenvalue weighted by Gasteiger charge is -2.08. The van der Waals surface area contributed by atoms with Crippen LogP contribution in [0.3, 0.4) is 0 Å². The number of ether oxygens (including phenoxy) is 1. The second-order valence-corrected chi connectivity index (χ2v) is 7.95. The van der Waals surface area contributed by atoms with E-state index in [-0.39, 0.29) is 23.1 Å². The van der Waals surface area contributed by atoms with Gasteiger partial charge in [0.05, 0.1) is 22.8 Å². The van der Waals surface area contributed by atoms with Crippen molar-refractivity contribution in [1.82, 2.24) is 9.55 Å². The number of hydrogen-bond donors (Lipinski definition) is 1. The van der Waals surface area contributed by atoms with E-state index in [9.17, 15) is 18.8 Å². The van der Waals surface area contributed by atoms with Crippen LogP contribution in [0.25, 0.3) is 10.2 Å². The van der Waals surface area contributed by atoms with Crippen molar-refractivity contribution in [1.29, 1.82) is 0 Å². The molecule has 0 aliphatic heterocycles. The fourth-order valence-corrected chi connectivity index (χ4v) is 3.87. The van der Waals surface area contributed by atoms with Crippen LogP contribution in [-0.2, 0) is 16.1 Å². The Kier molecular flexibility index (Phi) is 5.99. The summed E-state index contributed by atoms with van der Waals surface area (Å²) in [5.74, 6) is -1.63. The predicted molar refractivity (Wildman–Crippen MR) is 109 cm³/mol. The van der Waals surface area contributed by atoms with E-state index in [1.165, 1.54) is 18.5 Å². The first-order valence-electron chi connectivity index (χ1n) is 8.61. The molecule has 0 saturated heterocycles. The minimum absolute atomic E-state index is 0.127. The van der Waals surface area contributed by atoms with Crippen LogP contribution in [0, 0.1) is 12.7 Å². The normalized spacial score (nSPS) is 11.1. The largest absolute Gasteiger partial charge is 0.459 e. The summed E-state index contributed by atoms with van der Waals surface area (Å²) in [5, 5.41) is 2.69. The lowest BCUT2D eigenvalue weighted by molar-refractivity contribution is -0.116. The van der Waals surface area contributed by atoms with Gasteiger partial charge in [-0.3, -0.25) is 14.2 Å². The van der Waals surface area contributed by atoms with Crippen molar-refractivity contribution in [2.75, 3.05) is 5.32 Å². The summed E-state index contributed by atoms with van der Waals surface area (Å²) in [6.07, 6.45) is 0.954. The molecule has 2 heterocycles. The van der Waals surface area contributed by atoms with Gasteiger partial charge in [-0.1, -0.05) is 11.6 Å². The lowest BCUT2D eigenvalue weighted by atomic mass is 10.2. The third-order valence-corrected chi connectivity index (χ3v) is 5.43. The topological polar surface area (TPSA) is 90.3 Å². The number of hydrogen-bond acceptors (Lipinski definition) is 6. The fourth-order valence-electron chi connectivity index (χ4n) is 2.66. The van der Waals surface area contributed by atoms with Crippen LogP contribution >= 0.6 is 22.9 Å². The number of thiophene rings is 1. The number of carbonyl (C=O) groups excluding carboxylic acids is 2. The van der Waals surface area contributed by atoms with Crippen LogP contribution in [-0.4, -0.2) is 27.5 Å². The number of esters is 1. The fraction of sp³-hybridized carbons (Fsp3) is 0.263. The highest BCUT2D eigenvalue weighted by Crippen LogP contribution is 2.27. The number of fused-ring (bicyclic) bond motifs is 1. The molecule has 152 valence electrons. The molecule has 0 spiro atoms. The van der Waals surface area contributed by atoms with Crippen LogP contribution in [0.2, 0.25) is 5.02 Å². The van der Waals surface area contributed by atoms with Crippen LogP contribution in [0.5, 0.6) is 0 Å². The van der Waals surface area contributed by atoms with Gasteiger partial charge in [0.15, 0.2) is 0 Å². The SMILES string of the molecule is Cc1c(C(=O)OC(C)C)sc2ncn(CC(=O)Nc3ccc(F)c(Cl)c3)c(=O)c12. The molecule has 0 unspecified atom stereocenters. The number of nitrogens with one attached hydrogen (secondary N) is 1. The maximum Gasteiger partial charge on any atom is 0.348 e. The van der Waals surface area contributed by atoms with Gasteiger partial charge in [0, 0.05) is 5.69 Å². The quantitative estimate of drug-likeness (QED) is 0.614. The molecule has 1 amide bonds. The van der Waals surface area contributed by atoms with Gasteiger partial charge in [0.1, 0.15) is 22.1 Å². The summed E-state index contributed by atoms with van der Waals surface area (Å²) in [6, 6.07) is 3.76. The number of nitrogens with zero attached hydrogens (tertiary/aromatic N) is 2. The van der Waals surface area contributed by atoms with Crippen LogP contribution in [0.15, 0.2) is 29.3 Å². The van der Waals surface area contributed by atoms with Crippen molar-refractivity contribution in [3.63, 3.8) is 0 Å². The van der Waals surface area contributed by atoms with Crippen molar-refractivity contribution >= 4 is 50.7 Å². The third-order valence-electron chi connectivity index (χ3n) is 3.96. The zero-order valence-corrected chi connectivity index (χ0v) is 17.4. The Labute approximate surface area is 174 Å². The van der Waals surface area contributed by atoms with E-state index in [1.807, 2.05) is 0 Å². The molecule has 1 N–H and O–H groups in total. The van der Waals surface area contributed by atoms with E-state index in [2.05, 4.69) is 10.3 Å². The second-order valence-electron chi connectivity index (χ2n) is 6.55. The molecule has 0 atom stereocenters. The van der Waals surface area contributed by atoms with Crippen LogP contribution < -0.4 is 10.9 Å². The number of rotatable bonds is 5. The molecular formula is C19H17ClFN3O4S. The van der Waals surface area contributed by atoms with E-state index in [1.54, 1.807) is 20.8 Å². The number of benzene rings is 1. The second kappa shape index (κ2) is 8.30. The summed E-state index contributed by atoms with van der Waals surface area (Å²) < 4.78 is 19.6. The first-order valence-corrected chi connectivity index (χ1v) is 9.81. The molecule has 1 aromatic carbocycles. The van der Waals surface area contributed by atoms with Crippen LogP contribution in [0.1, 0.15) is 29.1 Å². The van der Waals surface area contributed by atoms with Gasteiger partial charge in [-0.15, -0.1) is 11.3 Å². The first kappa shape index (κ1) is 20.9. The summed E-state index contributed by atoms with van der Waals surface area (Å²) in [5.41, 5.74) is 0.321. The highest BCUT2D eigenvalue weighted by atomic mass is 35.5. The number of halogens is 2. The van der Waals surface area contributed by atoms with Gasteiger partial charge in [0.25, 0.3) is 5.56 Å². The Morgan fingerprint density at radius 3 is 2.76 bits per heavy atom. The Bertz CT molecular complexity index is 1170. The van der Waals surface area contributed by atoms with Gasteiger partial charge < -0.3 is 10.1 Å². The molecule has 0 aliphatic carbocycles. The van der Waals surface area contributed by atoms with E-state index in [0.29, 0.717) is 21.0 Å². The maximum absolute atomic E-state index is 13.2. The summed E-state index contributed by atoms with van der Waals surface area (Å²) >= 11 is 6.77. The average Bonchev–Trinajstić information content (AvgIpc) is 2.97. The molecule has 3 rings (SSSR count). The van der Waals surface area contributed by atoms with Crippen LogP contribution in [0.4, 0.5) is 10.1 Å². The molecule has 0 saturated carbocycles. The zero-order chi connectivity index (χ0) is 21.3. The van der Waals surface area contributed by atoms with Crippen molar-refractivity contribution in [3.8, 4) is 0 Å². The summed E-state index contributed by atoms with van der Waals surface area (Å²) in [6.45, 7) is 4.80. The Morgan fingerprint density at radius 1 is 1.38 bits per heavy atom. The average molecular weight is 438 g/mol. The minimum Gasteiger partial charge on any atom is -0.459 e. The van der Waals surface area contributed by atoms with Crippen molar-refractivity contribution in [3.05, 3.63) is 56.2 Å². The van der Waals surface area contributed by atoms with E-state index >= 15 is 0 Å². The smallest absolute Gasteiger partial charge is 0.348 e. The first-order chi connectivity index (χ1) is 13.7. The Hall–Kier alpha value is -2.78. The molecule has 0 fully saturated rings. The standard InChI is InChI=1S/C19H17ClFN3O4S/c1-9(2)28-19(27)16-10(3)15-17(29-16)22-8-24(18(15)26)7-14(25)23-11-4-5-13(21)12(20)6-11/h4-6,8-9H,7H2,1-3H3,(H,23,25). The minimum atomic E-state index is -0.602. The molecule has 10 heteroatoms. The molecule has 2 aromatic heterocycles. The third kappa shape index (κ3) is 4.46. The van der Waals surface area contributed by atoms with E-state index in [4.69, 9.17) is 16.3 Å². The number of aryl methyl sites for hydroxylation is 1. The molecule has 3 aromatic rings.